The Kier molecular flexibility index (Phi) is 11.4. The van der Waals surface area contributed by atoms with Crippen molar-refractivity contribution in [1.29, 1.82) is 0 Å². The summed E-state index contributed by atoms with van der Waals surface area (Å²) in [6.07, 6.45) is 6.64. The fourth-order valence-corrected chi connectivity index (χ4v) is 6.22. The van der Waals surface area contributed by atoms with Gasteiger partial charge in [-0.1, -0.05) is 68.3 Å². The van der Waals surface area contributed by atoms with Crippen molar-refractivity contribution >= 4 is 44.2 Å². The predicted octanol–water partition coefficient (Wildman–Crippen LogP) is 4.63. The van der Waals surface area contributed by atoms with E-state index in [1.165, 1.54) is 45.6 Å². The molecule has 5 aromatic rings. The van der Waals surface area contributed by atoms with Crippen LogP contribution >= 0.6 is 0 Å². The van der Waals surface area contributed by atoms with E-state index in [1.807, 2.05) is 0 Å². The van der Waals surface area contributed by atoms with E-state index in [0.717, 1.165) is 62.2 Å². The Hall–Kier alpha value is -3.42. The number of nitrogens with one attached hydrogen (secondary N) is 1. The van der Waals surface area contributed by atoms with E-state index in [-0.39, 0.29) is 22.9 Å². The number of unbranched alkanes of at least 4 members (excludes halogenated alkanes) is 4. The number of amides is 1. The van der Waals surface area contributed by atoms with Crippen molar-refractivity contribution in [1.82, 2.24) is 14.9 Å². The van der Waals surface area contributed by atoms with Gasteiger partial charge in [0.1, 0.15) is 5.82 Å². The second kappa shape index (κ2) is 15.0. The number of hydrogen-bond acceptors (Lipinski definition) is 3. The molecule has 0 spiro atoms. The van der Waals surface area contributed by atoms with Crippen LogP contribution in [0.2, 0.25) is 0 Å². The quantitative estimate of drug-likeness (QED) is 0.108. The number of carbonyl (C=O) groups excluding carboxylic acids is 1. The lowest BCUT2D eigenvalue weighted by Crippen LogP contribution is -3.00. The lowest BCUT2D eigenvalue weighted by atomic mass is 10.00. The number of aryl methyl sites for hydroxylation is 1. The molecule has 0 aliphatic rings. The molecule has 234 valence electrons. The van der Waals surface area contributed by atoms with Crippen LogP contribution in [0.1, 0.15) is 45.4 Å². The zero-order valence-corrected chi connectivity index (χ0v) is 28.7. The Balaban J connectivity index is 0.00000442. The van der Waals surface area contributed by atoms with E-state index in [4.69, 9.17) is 4.98 Å². The first-order valence-electron chi connectivity index (χ1n) is 15.9. The molecule has 1 heterocycles. The van der Waals surface area contributed by atoms with E-state index < -0.39 is 0 Å². The van der Waals surface area contributed by atoms with Crippen LogP contribution < -0.4 is 27.2 Å². The van der Waals surface area contributed by atoms with Gasteiger partial charge in [-0.15, -0.1) is 0 Å². The average molecular weight is 659 g/mol. The minimum atomic E-state index is 0. The highest BCUT2D eigenvalue weighted by Gasteiger charge is 2.21. The van der Waals surface area contributed by atoms with Gasteiger partial charge in [0, 0.05) is 49.2 Å². The molecule has 0 bridgehead atoms. The number of aromatic nitrogens is 2. The molecular formula is C37H48BrN5O. The van der Waals surface area contributed by atoms with Crippen LogP contribution in [-0.4, -0.2) is 67.8 Å². The zero-order valence-electron chi connectivity index (χ0n) is 27.1. The van der Waals surface area contributed by atoms with Gasteiger partial charge in [0.25, 0.3) is 5.91 Å². The van der Waals surface area contributed by atoms with Gasteiger partial charge in [0.15, 0.2) is 6.54 Å². The van der Waals surface area contributed by atoms with E-state index in [2.05, 4.69) is 123 Å². The van der Waals surface area contributed by atoms with Gasteiger partial charge in [0.2, 0.25) is 0 Å². The molecule has 1 aromatic heterocycles. The maximum absolute atomic E-state index is 12.5. The minimum Gasteiger partial charge on any atom is -1.00 e. The summed E-state index contributed by atoms with van der Waals surface area (Å²) < 4.78 is 3.17. The molecule has 6 nitrogen and oxygen atoms in total. The molecule has 0 radical (unpaired) electrons. The number of rotatable bonds is 14. The molecule has 0 atom stereocenters. The number of anilines is 1. The van der Waals surface area contributed by atoms with E-state index in [9.17, 15) is 4.79 Å². The minimum absolute atomic E-state index is 0. The van der Waals surface area contributed by atoms with Gasteiger partial charge in [-0.2, -0.15) is 0 Å². The van der Waals surface area contributed by atoms with Gasteiger partial charge < -0.3 is 36.2 Å². The number of quaternary nitrogens is 1. The lowest BCUT2D eigenvalue weighted by Gasteiger charge is -2.29. The van der Waals surface area contributed by atoms with E-state index >= 15 is 0 Å². The summed E-state index contributed by atoms with van der Waals surface area (Å²) in [5.41, 5.74) is 4.61. The molecule has 0 unspecified atom stereocenters. The van der Waals surface area contributed by atoms with E-state index in [1.54, 1.807) is 0 Å². The standard InChI is InChI=1S/C37H47N5O.BrH/c1-6-7-13-24-38-34(43)27-42(4,5)26-15-8-14-25-41-36-33-19-12-10-17-31(33)30-16-9-11-18-32(30)35(36)39-37(41)28-20-22-29(23-21-28)40(2)3;/h9-12,16-23H,6-8,13-15,24-27H2,1-5H3;1H. The summed E-state index contributed by atoms with van der Waals surface area (Å²) in [5.74, 6) is 1.19. The van der Waals surface area contributed by atoms with Crippen LogP contribution in [0.4, 0.5) is 5.69 Å². The van der Waals surface area contributed by atoms with Crippen LogP contribution in [0.25, 0.3) is 44.0 Å². The first-order chi connectivity index (χ1) is 20.8. The number of nitrogens with zero attached hydrogens (tertiary/aromatic N) is 4. The van der Waals surface area contributed by atoms with Crippen LogP contribution in [-0.2, 0) is 11.3 Å². The first-order valence-corrected chi connectivity index (χ1v) is 15.9. The Morgan fingerprint density at radius 3 is 2.11 bits per heavy atom. The molecule has 1 amide bonds. The maximum Gasteiger partial charge on any atom is 0.275 e. The van der Waals surface area contributed by atoms with Crippen molar-refractivity contribution in [3.63, 3.8) is 0 Å². The molecule has 1 N–H and O–H groups in total. The summed E-state index contributed by atoms with van der Waals surface area (Å²) >= 11 is 0. The molecule has 44 heavy (non-hydrogen) atoms. The Bertz CT molecular complexity index is 1690. The average Bonchev–Trinajstić information content (AvgIpc) is 3.39. The summed E-state index contributed by atoms with van der Waals surface area (Å²) in [5, 5.41) is 8.08. The van der Waals surface area contributed by atoms with Gasteiger partial charge in [-0.05, 0) is 60.7 Å². The van der Waals surface area contributed by atoms with Crippen LogP contribution in [0.3, 0.4) is 0 Å². The van der Waals surface area contributed by atoms with Crippen molar-refractivity contribution in [2.45, 2.75) is 52.0 Å². The smallest absolute Gasteiger partial charge is 0.275 e. The molecular weight excluding hydrogens is 610 g/mol. The van der Waals surface area contributed by atoms with Gasteiger partial charge in [-0.3, -0.25) is 4.79 Å². The summed E-state index contributed by atoms with van der Waals surface area (Å²) in [6.45, 7) is 5.39. The second-order valence-corrected chi connectivity index (χ2v) is 12.8. The van der Waals surface area contributed by atoms with Crippen molar-refractivity contribution in [3.8, 4) is 11.4 Å². The van der Waals surface area contributed by atoms with Crippen molar-refractivity contribution in [2.75, 3.05) is 52.7 Å². The number of hydrogen-bond donors (Lipinski definition) is 1. The normalized spacial score (nSPS) is 11.7. The van der Waals surface area contributed by atoms with Crippen LogP contribution in [0.5, 0.6) is 0 Å². The molecule has 5 rings (SSSR count). The summed E-state index contributed by atoms with van der Waals surface area (Å²) in [6, 6.07) is 26.2. The number of halogens is 1. The monoisotopic (exact) mass is 657 g/mol. The highest BCUT2D eigenvalue weighted by molar-refractivity contribution is 6.23. The first kappa shape index (κ1) is 33.5. The number of benzene rings is 4. The lowest BCUT2D eigenvalue weighted by molar-refractivity contribution is -0.882. The third-order valence-corrected chi connectivity index (χ3v) is 8.58. The number of fused-ring (bicyclic) bond motifs is 6. The molecule has 0 aliphatic carbocycles. The maximum atomic E-state index is 12.5. The fourth-order valence-electron chi connectivity index (χ4n) is 6.22. The third-order valence-electron chi connectivity index (χ3n) is 8.58. The van der Waals surface area contributed by atoms with Gasteiger partial charge >= 0.3 is 0 Å². The highest BCUT2D eigenvalue weighted by Crippen LogP contribution is 2.37. The summed E-state index contributed by atoms with van der Waals surface area (Å²) in [4.78, 5) is 20.0. The number of imidazole rings is 1. The van der Waals surface area contributed by atoms with Crippen molar-refractivity contribution in [3.05, 3.63) is 72.8 Å². The Labute approximate surface area is 273 Å². The zero-order chi connectivity index (χ0) is 30.4. The SMILES string of the molecule is CCCCCNC(=O)C[N+](C)(C)CCCCCn1c(-c2ccc(N(C)C)cc2)nc2c3ccccc3c3ccccc3c21.[Br-]. The topological polar surface area (TPSA) is 50.2 Å². The molecule has 0 saturated carbocycles. The largest absolute Gasteiger partial charge is 1.00 e. The predicted molar refractivity (Wildman–Crippen MR) is 183 cm³/mol. The molecule has 0 aliphatic heterocycles. The second-order valence-electron chi connectivity index (χ2n) is 12.8. The molecule has 0 saturated heterocycles. The number of likely N-dealkylation sites (N-methyl/N-ethyl adjacent to an activating group) is 1. The summed E-state index contributed by atoms with van der Waals surface area (Å²) in [7, 11) is 8.48. The fraction of sp³-hybridized carbons (Fsp3) is 0.405. The molecule has 7 heteroatoms. The third kappa shape index (κ3) is 7.62. The molecule has 0 fully saturated rings. The van der Waals surface area contributed by atoms with E-state index in [0.29, 0.717) is 11.0 Å². The van der Waals surface area contributed by atoms with Crippen molar-refractivity contribution < 1.29 is 26.3 Å². The highest BCUT2D eigenvalue weighted by atomic mass is 79.9. The van der Waals surface area contributed by atoms with Crippen molar-refractivity contribution in [2.24, 2.45) is 0 Å². The van der Waals surface area contributed by atoms with Gasteiger partial charge in [-0.25, -0.2) is 4.98 Å². The number of carbonyl (C=O) groups is 1. The van der Waals surface area contributed by atoms with Crippen LogP contribution in [0, 0.1) is 0 Å². The Morgan fingerprint density at radius 2 is 1.45 bits per heavy atom. The van der Waals surface area contributed by atoms with Crippen LogP contribution in [0.15, 0.2) is 72.8 Å². The Morgan fingerprint density at radius 1 is 0.818 bits per heavy atom. The van der Waals surface area contributed by atoms with Gasteiger partial charge in [0.05, 0.1) is 31.7 Å². The molecule has 4 aromatic carbocycles.